The van der Waals surface area contributed by atoms with E-state index in [0.717, 1.165) is 6.42 Å². The van der Waals surface area contributed by atoms with Crippen molar-refractivity contribution < 1.29 is 22.7 Å². The molecule has 4 rings (SSSR count). The normalized spacial score (nSPS) is 17.9. The molecule has 10 heteroatoms. The Kier molecular flexibility index (Phi) is 6.12. The number of hydrogen-bond acceptors (Lipinski definition) is 6. The summed E-state index contributed by atoms with van der Waals surface area (Å²) in [5.74, 6) is 0.857. The Balaban J connectivity index is 1.38. The van der Waals surface area contributed by atoms with Gasteiger partial charge in [0.05, 0.1) is 13.2 Å². The zero-order valence-electron chi connectivity index (χ0n) is 16.2. The lowest BCUT2D eigenvalue weighted by Gasteiger charge is -2.30. The van der Waals surface area contributed by atoms with Gasteiger partial charge in [0.1, 0.15) is 10.0 Å². The lowest BCUT2D eigenvalue weighted by atomic mass is 9.97. The standard InChI is InChI=1S/C20H22ClN3O5S/c21-19-18(3-1-8-22-19)30(26,27)24-9-6-14(7-10-24)20(25)23-15-4-5-16-17(13-15)29-12-2-11-28-16/h1,3-5,8,13-14H,2,6-7,9-12H2,(H,23,25). The van der Waals surface area contributed by atoms with Crippen molar-refractivity contribution in [1.29, 1.82) is 0 Å². The molecule has 0 aliphatic carbocycles. The number of anilines is 1. The molecule has 1 amide bonds. The van der Waals surface area contributed by atoms with Crippen molar-refractivity contribution in [2.24, 2.45) is 5.92 Å². The maximum Gasteiger partial charge on any atom is 0.246 e. The largest absolute Gasteiger partial charge is 0.490 e. The Bertz CT molecular complexity index is 1040. The van der Waals surface area contributed by atoms with E-state index in [-0.39, 0.29) is 35.0 Å². The van der Waals surface area contributed by atoms with Crippen LogP contribution in [-0.2, 0) is 14.8 Å². The predicted octanol–water partition coefficient (Wildman–Crippen LogP) is 2.94. The van der Waals surface area contributed by atoms with Gasteiger partial charge in [-0.15, -0.1) is 0 Å². The van der Waals surface area contributed by atoms with Gasteiger partial charge in [0.2, 0.25) is 15.9 Å². The van der Waals surface area contributed by atoms with Crippen LogP contribution in [-0.4, -0.2) is 49.9 Å². The summed E-state index contributed by atoms with van der Waals surface area (Å²) < 4.78 is 38.2. The van der Waals surface area contributed by atoms with Gasteiger partial charge in [-0.25, -0.2) is 13.4 Å². The van der Waals surface area contributed by atoms with Crippen LogP contribution >= 0.6 is 11.6 Å². The summed E-state index contributed by atoms with van der Waals surface area (Å²) >= 11 is 5.96. The molecule has 0 saturated carbocycles. The highest BCUT2D eigenvalue weighted by molar-refractivity contribution is 7.89. The number of nitrogens with one attached hydrogen (secondary N) is 1. The number of halogens is 1. The van der Waals surface area contributed by atoms with E-state index in [1.165, 1.54) is 22.6 Å². The third-order valence-corrected chi connectivity index (χ3v) is 7.53. The number of piperidine rings is 1. The summed E-state index contributed by atoms with van der Waals surface area (Å²) in [7, 11) is -3.74. The number of hydrogen-bond donors (Lipinski definition) is 1. The maximum absolute atomic E-state index is 12.8. The van der Waals surface area contributed by atoms with Gasteiger partial charge in [-0.3, -0.25) is 4.79 Å². The van der Waals surface area contributed by atoms with Crippen molar-refractivity contribution in [3.05, 3.63) is 41.7 Å². The molecule has 160 valence electrons. The lowest BCUT2D eigenvalue weighted by molar-refractivity contribution is -0.120. The van der Waals surface area contributed by atoms with Crippen molar-refractivity contribution in [2.45, 2.75) is 24.2 Å². The second kappa shape index (κ2) is 8.79. The van der Waals surface area contributed by atoms with Gasteiger partial charge in [-0.05, 0) is 37.1 Å². The highest BCUT2D eigenvalue weighted by atomic mass is 35.5. The Morgan fingerprint density at radius 2 is 1.87 bits per heavy atom. The van der Waals surface area contributed by atoms with E-state index < -0.39 is 10.0 Å². The van der Waals surface area contributed by atoms with Gasteiger partial charge in [-0.2, -0.15) is 4.31 Å². The Morgan fingerprint density at radius 3 is 2.60 bits per heavy atom. The second-order valence-corrected chi connectivity index (χ2v) is 9.44. The minimum Gasteiger partial charge on any atom is -0.490 e. The van der Waals surface area contributed by atoms with Gasteiger partial charge in [0, 0.05) is 43.4 Å². The highest BCUT2D eigenvalue weighted by Crippen LogP contribution is 2.33. The Morgan fingerprint density at radius 1 is 1.13 bits per heavy atom. The number of rotatable bonds is 4. The fraction of sp³-hybridized carbons (Fsp3) is 0.400. The van der Waals surface area contributed by atoms with Gasteiger partial charge in [-0.1, -0.05) is 11.6 Å². The molecule has 0 bridgehead atoms. The van der Waals surface area contributed by atoms with Crippen LogP contribution in [0, 0.1) is 5.92 Å². The first-order chi connectivity index (χ1) is 14.4. The molecular formula is C20H22ClN3O5S. The summed E-state index contributed by atoms with van der Waals surface area (Å²) in [4.78, 5) is 16.5. The molecule has 1 fully saturated rings. The summed E-state index contributed by atoms with van der Waals surface area (Å²) in [6.07, 6.45) is 3.10. The number of pyridine rings is 1. The molecular weight excluding hydrogens is 430 g/mol. The van der Waals surface area contributed by atoms with E-state index in [0.29, 0.717) is 43.2 Å². The number of sulfonamides is 1. The maximum atomic E-state index is 12.8. The van der Waals surface area contributed by atoms with Gasteiger partial charge in [0.15, 0.2) is 11.5 Å². The molecule has 3 heterocycles. The molecule has 1 aromatic heterocycles. The topological polar surface area (TPSA) is 97.8 Å². The van der Waals surface area contributed by atoms with Crippen LogP contribution in [0.25, 0.3) is 0 Å². The smallest absolute Gasteiger partial charge is 0.246 e. The molecule has 2 aliphatic heterocycles. The van der Waals surface area contributed by atoms with Crippen LogP contribution < -0.4 is 14.8 Å². The zero-order chi connectivity index (χ0) is 21.1. The van der Waals surface area contributed by atoms with Gasteiger partial charge < -0.3 is 14.8 Å². The quantitative estimate of drug-likeness (QED) is 0.718. The molecule has 30 heavy (non-hydrogen) atoms. The van der Waals surface area contributed by atoms with Crippen LogP contribution in [0.1, 0.15) is 19.3 Å². The number of nitrogens with zero attached hydrogens (tertiary/aromatic N) is 2. The molecule has 0 unspecified atom stereocenters. The van der Waals surface area contributed by atoms with Crippen molar-refractivity contribution in [3.63, 3.8) is 0 Å². The van der Waals surface area contributed by atoms with Crippen LogP contribution in [0.15, 0.2) is 41.4 Å². The number of aromatic nitrogens is 1. The fourth-order valence-corrected chi connectivity index (χ4v) is 5.44. The molecule has 0 atom stereocenters. The number of amides is 1. The SMILES string of the molecule is O=C(Nc1ccc2c(c1)OCCCO2)C1CCN(S(=O)(=O)c2cccnc2Cl)CC1. The van der Waals surface area contributed by atoms with Crippen LogP contribution in [0.5, 0.6) is 11.5 Å². The average molecular weight is 452 g/mol. The third kappa shape index (κ3) is 4.38. The van der Waals surface area contributed by atoms with E-state index in [2.05, 4.69) is 10.3 Å². The molecule has 1 aromatic carbocycles. The summed E-state index contributed by atoms with van der Waals surface area (Å²) in [6.45, 7) is 1.66. The number of benzene rings is 1. The van der Waals surface area contributed by atoms with Crippen molar-refractivity contribution >= 4 is 33.2 Å². The minimum absolute atomic E-state index is 0.0123. The first-order valence-electron chi connectivity index (χ1n) is 9.76. The first-order valence-corrected chi connectivity index (χ1v) is 11.6. The van der Waals surface area contributed by atoms with E-state index in [9.17, 15) is 13.2 Å². The monoisotopic (exact) mass is 451 g/mol. The molecule has 1 saturated heterocycles. The summed E-state index contributed by atoms with van der Waals surface area (Å²) in [5.41, 5.74) is 0.626. The van der Waals surface area contributed by atoms with E-state index in [4.69, 9.17) is 21.1 Å². The summed E-state index contributed by atoms with van der Waals surface area (Å²) in [6, 6.07) is 8.28. The molecule has 0 spiro atoms. The minimum atomic E-state index is -3.74. The van der Waals surface area contributed by atoms with Gasteiger partial charge >= 0.3 is 0 Å². The third-order valence-electron chi connectivity index (χ3n) is 5.18. The highest BCUT2D eigenvalue weighted by Gasteiger charge is 2.33. The Hall–Kier alpha value is -2.36. The van der Waals surface area contributed by atoms with Crippen LogP contribution in [0.3, 0.4) is 0 Å². The zero-order valence-corrected chi connectivity index (χ0v) is 17.8. The molecule has 1 N–H and O–H groups in total. The second-order valence-electron chi connectivity index (χ2n) is 7.17. The number of ether oxygens (including phenoxy) is 2. The van der Waals surface area contributed by atoms with Crippen LogP contribution in [0.4, 0.5) is 5.69 Å². The van der Waals surface area contributed by atoms with Crippen molar-refractivity contribution in [1.82, 2.24) is 9.29 Å². The van der Waals surface area contributed by atoms with E-state index >= 15 is 0 Å². The number of fused-ring (bicyclic) bond motifs is 1. The molecule has 8 nitrogen and oxygen atoms in total. The average Bonchev–Trinajstić information content (AvgIpc) is 2.99. The Labute approximate surface area is 180 Å². The first kappa shape index (κ1) is 20.9. The molecule has 2 aromatic rings. The predicted molar refractivity (Wildman–Crippen MR) is 111 cm³/mol. The van der Waals surface area contributed by atoms with Crippen molar-refractivity contribution in [2.75, 3.05) is 31.6 Å². The van der Waals surface area contributed by atoms with E-state index in [1.807, 2.05) is 0 Å². The van der Waals surface area contributed by atoms with Crippen LogP contribution in [0.2, 0.25) is 5.15 Å². The number of carbonyl (C=O) groups is 1. The van der Waals surface area contributed by atoms with E-state index in [1.54, 1.807) is 18.2 Å². The van der Waals surface area contributed by atoms with Crippen molar-refractivity contribution in [3.8, 4) is 11.5 Å². The summed E-state index contributed by atoms with van der Waals surface area (Å²) in [5, 5.41) is 2.85. The van der Waals surface area contributed by atoms with Gasteiger partial charge in [0.25, 0.3) is 0 Å². The number of carbonyl (C=O) groups excluding carboxylic acids is 1. The lowest BCUT2D eigenvalue weighted by Crippen LogP contribution is -2.41. The molecule has 2 aliphatic rings. The fourth-order valence-electron chi connectivity index (χ4n) is 3.55. The molecule has 0 radical (unpaired) electrons.